The van der Waals surface area contributed by atoms with Gasteiger partial charge >= 0.3 is 5.97 Å². The number of thioether (sulfide) groups is 1. The van der Waals surface area contributed by atoms with E-state index in [9.17, 15) is 4.79 Å². The lowest BCUT2D eigenvalue weighted by Gasteiger charge is -2.29. The van der Waals surface area contributed by atoms with Gasteiger partial charge in [-0.05, 0) is 69.6 Å². The lowest BCUT2D eigenvalue weighted by atomic mass is 9.84. The van der Waals surface area contributed by atoms with Crippen molar-refractivity contribution in [1.29, 1.82) is 0 Å². The Balaban J connectivity index is 2.64. The molecule has 0 spiro atoms. The van der Waals surface area contributed by atoms with Gasteiger partial charge in [0.25, 0.3) is 0 Å². The molecule has 0 aromatic heterocycles. The van der Waals surface area contributed by atoms with Crippen molar-refractivity contribution in [3.8, 4) is 0 Å². The van der Waals surface area contributed by atoms with E-state index >= 15 is 0 Å². The molecule has 2 atom stereocenters. The molecule has 0 aromatic carbocycles. The monoisotopic (exact) mass is 352 g/mol. The van der Waals surface area contributed by atoms with Crippen LogP contribution in [0.2, 0.25) is 0 Å². The summed E-state index contributed by atoms with van der Waals surface area (Å²) in [7, 11) is 0. The largest absolute Gasteiger partial charge is 0.463 e. The number of carbonyl (C=O) groups is 1. The summed E-state index contributed by atoms with van der Waals surface area (Å²) in [5, 5.41) is 0. The van der Waals surface area contributed by atoms with E-state index in [4.69, 9.17) is 4.74 Å². The molecule has 2 nitrogen and oxygen atoms in total. The molecule has 1 aliphatic carbocycles. The summed E-state index contributed by atoms with van der Waals surface area (Å²) in [4.78, 5) is 11.6. The Labute approximate surface area is 153 Å². The molecule has 1 aliphatic rings. The van der Waals surface area contributed by atoms with Crippen molar-refractivity contribution in [3.63, 3.8) is 0 Å². The maximum absolute atomic E-state index is 11.6. The average molecular weight is 353 g/mol. The van der Waals surface area contributed by atoms with Crippen molar-refractivity contribution < 1.29 is 9.53 Å². The van der Waals surface area contributed by atoms with Gasteiger partial charge in [0.1, 0.15) is 0 Å². The summed E-state index contributed by atoms with van der Waals surface area (Å²) in [6.07, 6.45) is 15.8. The predicted molar refractivity (Wildman–Crippen MR) is 106 cm³/mol. The second-order valence-electron chi connectivity index (χ2n) is 7.15. The van der Waals surface area contributed by atoms with Gasteiger partial charge in [0.15, 0.2) is 0 Å². The first-order chi connectivity index (χ1) is 11.5. The number of hydrogen-bond acceptors (Lipinski definition) is 3. The van der Waals surface area contributed by atoms with E-state index in [1.54, 1.807) is 6.08 Å². The van der Waals surface area contributed by atoms with Gasteiger partial charge in [0.2, 0.25) is 0 Å². The third-order valence-corrected chi connectivity index (χ3v) is 6.87. The number of allylic oxidation sites excluding steroid dienone is 3. The van der Waals surface area contributed by atoms with Crippen molar-refractivity contribution in [2.24, 2.45) is 5.92 Å². The predicted octanol–water partition coefficient (Wildman–Crippen LogP) is 6.31. The Kier molecular flexibility index (Phi) is 9.80. The summed E-state index contributed by atoms with van der Waals surface area (Å²) in [5.74, 6) is 0.562. The van der Waals surface area contributed by atoms with E-state index < -0.39 is 0 Å². The first kappa shape index (κ1) is 21.3. The van der Waals surface area contributed by atoms with Crippen LogP contribution >= 0.6 is 11.8 Å². The Morgan fingerprint density at radius 1 is 1.38 bits per heavy atom. The molecule has 0 saturated heterocycles. The van der Waals surface area contributed by atoms with Crippen LogP contribution in [0.5, 0.6) is 0 Å². The third-order valence-electron chi connectivity index (χ3n) is 5.39. The average Bonchev–Trinajstić information content (AvgIpc) is 2.58. The van der Waals surface area contributed by atoms with E-state index in [0.717, 1.165) is 24.3 Å². The van der Waals surface area contributed by atoms with Gasteiger partial charge in [-0.2, -0.15) is 11.8 Å². The molecule has 0 aromatic rings. The van der Waals surface area contributed by atoms with Crippen LogP contribution in [0.25, 0.3) is 0 Å². The summed E-state index contributed by atoms with van der Waals surface area (Å²) in [6, 6.07) is 0. The quantitative estimate of drug-likeness (QED) is 0.340. The molecule has 0 bridgehead atoms. The Morgan fingerprint density at radius 3 is 2.71 bits per heavy atom. The molecule has 138 valence electrons. The van der Waals surface area contributed by atoms with Crippen molar-refractivity contribution in [1.82, 2.24) is 0 Å². The van der Waals surface area contributed by atoms with E-state index in [1.807, 2.05) is 18.7 Å². The van der Waals surface area contributed by atoms with Crippen LogP contribution in [0.15, 0.2) is 23.3 Å². The summed E-state index contributed by atoms with van der Waals surface area (Å²) < 4.78 is 5.46. The summed E-state index contributed by atoms with van der Waals surface area (Å²) in [6.45, 7) is 9.30. The first-order valence-corrected chi connectivity index (χ1v) is 10.8. The van der Waals surface area contributed by atoms with Crippen LogP contribution in [0.4, 0.5) is 0 Å². The molecular weight excluding hydrogens is 316 g/mol. The highest BCUT2D eigenvalue weighted by Gasteiger charge is 2.22. The van der Waals surface area contributed by atoms with Gasteiger partial charge in [-0.1, -0.05) is 38.8 Å². The van der Waals surface area contributed by atoms with Crippen LogP contribution in [-0.2, 0) is 9.53 Å². The maximum atomic E-state index is 11.6. The van der Waals surface area contributed by atoms with E-state index in [-0.39, 0.29) is 5.97 Å². The van der Waals surface area contributed by atoms with Crippen molar-refractivity contribution in [3.05, 3.63) is 23.3 Å². The van der Waals surface area contributed by atoms with Crippen molar-refractivity contribution >= 4 is 17.7 Å². The molecule has 0 saturated carbocycles. The fourth-order valence-corrected chi connectivity index (χ4v) is 3.90. The standard InChI is InChI=1S/C21H36O2S/c1-6-17(12-13-21(4,7-2)24-5)14-18-10-9-11-19(15-18)16-20(22)23-8-3/h15-17H,6-14H2,1-5H3/b19-16+. The number of ether oxygens (including phenoxy) is 1. The smallest absolute Gasteiger partial charge is 0.331 e. The molecule has 0 N–H and O–H groups in total. The van der Waals surface area contributed by atoms with Gasteiger partial charge in [-0.15, -0.1) is 0 Å². The highest BCUT2D eigenvalue weighted by molar-refractivity contribution is 7.99. The molecule has 0 heterocycles. The second-order valence-corrected chi connectivity index (χ2v) is 8.55. The van der Waals surface area contributed by atoms with Gasteiger partial charge in [-0.3, -0.25) is 0 Å². The fourth-order valence-electron chi connectivity index (χ4n) is 3.29. The van der Waals surface area contributed by atoms with Gasteiger partial charge in [0.05, 0.1) is 6.61 Å². The minimum atomic E-state index is -0.198. The van der Waals surface area contributed by atoms with E-state index in [1.165, 1.54) is 44.1 Å². The van der Waals surface area contributed by atoms with Gasteiger partial charge in [0, 0.05) is 10.8 Å². The molecule has 0 aliphatic heterocycles. The molecule has 0 radical (unpaired) electrons. The molecule has 0 fully saturated rings. The minimum Gasteiger partial charge on any atom is -0.463 e. The van der Waals surface area contributed by atoms with Gasteiger partial charge < -0.3 is 4.74 Å². The van der Waals surface area contributed by atoms with E-state index in [2.05, 4.69) is 33.1 Å². The third kappa shape index (κ3) is 7.46. The zero-order valence-corrected chi connectivity index (χ0v) is 17.1. The van der Waals surface area contributed by atoms with Crippen LogP contribution in [0.1, 0.15) is 79.1 Å². The Hall–Kier alpha value is -0.700. The molecule has 2 unspecified atom stereocenters. The molecule has 1 rings (SSSR count). The fraction of sp³-hybridized carbons (Fsp3) is 0.762. The van der Waals surface area contributed by atoms with Crippen molar-refractivity contribution in [2.75, 3.05) is 12.9 Å². The van der Waals surface area contributed by atoms with E-state index in [0.29, 0.717) is 11.4 Å². The number of rotatable bonds is 10. The lowest BCUT2D eigenvalue weighted by molar-refractivity contribution is -0.137. The maximum Gasteiger partial charge on any atom is 0.331 e. The lowest BCUT2D eigenvalue weighted by Crippen LogP contribution is -2.20. The summed E-state index contributed by atoms with van der Waals surface area (Å²) in [5.41, 5.74) is 2.66. The number of esters is 1. The molecule has 0 amide bonds. The topological polar surface area (TPSA) is 26.3 Å². The van der Waals surface area contributed by atoms with Crippen LogP contribution in [0.3, 0.4) is 0 Å². The van der Waals surface area contributed by atoms with Gasteiger partial charge in [-0.25, -0.2) is 4.79 Å². The number of hydrogen-bond donors (Lipinski definition) is 0. The minimum absolute atomic E-state index is 0.198. The normalized spacial score (nSPS) is 20.4. The molecular formula is C21H36O2S. The number of carbonyl (C=O) groups excluding carboxylic acids is 1. The summed E-state index contributed by atoms with van der Waals surface area (Å²) >= 11 is 2.01. The molecule has 24 heavy (non-hydrogen) atoms. The highest BCUT2D eigenvalue weighted by atomic mass is 32.2. The second kappa shape index (κ2) is 11.0. The SMILES string of the molecule is CCOC(=O)/C=C1/C=C(CC(CC)CCC(C)(CC)SC)CCC1. The van der Waals surface area contributed by atoms with Crippen LogP contribution in [0, 0.1) is 5.92 Å². The Morgan fingerprint density at radius 2 is 2.12 bits per heavy atom. The Bertz CT molecular complexity index is 447. The zero-order chi connectivity index (χ0) is 18.0. The van der Waals surface area contributed by atoms with Crippen LogP contribution < -0.4 is 0 Å². The highest BCUT2D eigenvalue weighted by Crippen LogP contribution is 2.35. The zero-order valence-electron chi connectivity index (χ0n) is 16.3. The van der Waals surface area contributed by atoms with Crippen LogP contribution in [-0.4, -0.2) is 23.6 Å². The molecule has 3 heteroatoms. The van der Waals surface area contributed by atoms with Crippen molar-refractivity contribution in [2.45, 2.75) is 83.8 Å². The first-order valence-electron chi connectivity index (χ1n) is 9.58.